The number of benzene rings is 1. The highest BCUT2D eigenvalue weighted by Crippen LogP contribution is 2.34. The summed E-state index contributed by atoms with van der Waals surface area (Å²) in [6.45, 7) is 1.95. The highest BCUT2D eigenvalue weighted by atomic mass is 16.6. The van der Waals surface area contributed by atoms with Crippen molar-refractivity contribution < 1.29 is 13.8 Å². The third-order valence-corrected chi connectivity index (χ3v) is 4.13. The predicted octanol–water partition coefficient (Wildman–Crippen LogP) is 3.62. The van der Waals surface area contributed by atoms with Crippen LogP contribution in [0.5, 0.6) is 0 Å². The lowest BCUT2D eigenvalue weighted by Gasteiger charge is -2.31. The maximum absolute atomic E-state index is 11.6. The van der Waals surface area contributed by atoms with Gasteiger partial charge in [0.05, 0.1) is 23.3 Å². The van der Waals surface area contributed by atoms with Crippen molar-refractivity contribution in [3.63, 3.8) is 0 Å². The van der Waals surface area contributed by atoms with Crippen LogP contribution in [0, 0.1) is 17.0 Å². The molecule has 3 aromatic rings. The van der Waals surface area contributed by atoms with E-state index < -0.39 is 17.1 Å². The second-order valence-electron chi connectivity index (χ2n) is 5.93. The Bertz CT molecular complexity index is 934. The van der Waals surface area contributed by atoms with Crippen LogP contribution in [0.15, 0.2) is 75.0 Å². The minimum Gasteiger partial charge on any atom is -0.467 e. The molecule has 0 spiro atoms. The number of nitrogens with one attached hydrogen (secondary N) is 1. The number of aryl methyl sites for hydroxylation is 1. The van der Waals surface area contributed by atoms with Gasteiger partial charge in [-0.15, -0.1) is 5.01 Å². The average molecular weight is 352 g/mol. The second kappa shape index (κ2) is 6.49. The fraction of sp³-hybridized carbons (Fsp3) is 0.167. The van der Waals surface area contributed by atoms with Crippen molar-refractivity contribution in [2.45, 2.75) is 19.1 Å². The Hall–Kier alpha value is -3.39. The van der Waals surface area contributed by atoms with Gasteiger partial charge in [0.2, 0.25) is 0 Å². The molecule has 2 aromatic heterocycles. The first-order valence-corrected chi connectivity index (χ1v) is 8.05. The first-order chi connectivity index (χ1) is 12.6. The molecule has 1 aliphatic heterocycles. The van der Waals surface area contributed by atoms with Crippen molar-refractivity contribution in [2.24, 2.45) is 5.10 Å². The van der Waals surface area contributed by atoms with Crippen LogP contribution in [0.25, 0.3) is 0 Å². The molecule has 0 amide bonds. The van der Waals surface area contributed by atoms with Crippen LogP contribution in [0.2, 0.25) is 0 Å². The van der Waals surface area contributed by atoms with Crippen LogP contribution >= 0.6 is 0 Å². The van der Waals surface area contributed by atoms with Gasteiger partial charge in [0, 0.05) is 0 Å². The third kappa shape index (κ3) is 2.86. The fourth-order valence-electron chi connectivity index (χ4n) is 2.96. The molecule has 1 aliphatic rings. The van der Waals surface area contributed by atoms with Gasteiger partial charge >= 0.3 is 5.84 Å². The first-order valence-electron chi connectivity index (χ1n) is 8.05. The molecule has 3 heterocycles. The van der Waals surface area contributed by atoms with E-state index in [0.29, 0.717) is 11.5 Å². The van der Waals surface area contributed by atoms with Crippen molar-refractivity contribution in [1.82, 2.24) is 5.32 Å². The molecule has 132 valence electrons. The van der Waals surface area contributed by atoms with E-state index in [1.165, 1.54) is 6.26 Å². The summed E-state index contributed by atoms with van der Waals surface area (Å²) in [7, 11) is 0. The highest BCUT2D eigenvalue weighted by molar-refractivity contribution is 5.83. The fourth-order valence-corrected chi connectivity index (χ4v) is 2.96. The van der Waals surface area contributed by atoms with Crippen LogP contribution in [0.4, 0.5) is 5.69 Å². The zero-order chi connectivity index (χ0) is 18.1. The summed E-state index contributed by atoms with van der Waals surface area (Å²) in [5.41, 5.74) is 1.74. The van der Waals surface area contributed by atoms with Crippen molar-refractivity contribution >= 4 is 11.5 Å². The van der Waals surface area contributed by atoms with E-state index in [1.54, 1.807) is 35.5 Å². The van der Waals surface area contributed by atoms with Gasteiger partial charge in [0.25, 0.3) is 0 Å². The van der Waals surface area contributed by atoms with Crippen LogP contribution < -0.4 is 10.3 Å². The van der Waals surface area contributed by atoms with Crippen LogP contribution in [0.1, 0.15) is 29.3 Å². The normalized spacial score (nSPS) is 20.0. The number of hydrazone groups is 1. The molecule has 0 unspecified atom stereocenters. The molecule has 0 bridgehead atoms. The zero-order valence-corrected chi connectivity index (χ0v) is 13.9. The number of nitro groups is 1. The van der Waals surface area contributed by atoms with Gasteiger partial charge in [-0.3, -0.25) is 5.32 Å². The molecule has 4 rings (SSSR count). The molecular weight excluding hydrogens is 336 g/mol. The van der Waals surface area contributed by atoms with E-state index in [9.17, 15) is 10.1 Å². The number of amidine groups is 1. The van der Waals surface area contributed by atoms with Crippen LogP contribution in [0.3, 0.4) is 0 Å². The molecule has 2 atom stereocenters. The van der Waals surface area contributed by atoms with Crippen molar-refractivity contribution in [3.05, 3.63) is 88.3 Å². The molecule has 1 N–H and O–H groups in total. The van der Waals surface area contributed by atoms with Crippen LogP contribution in [-0.2, 0) is 0 Å². The lowest BCUT2D eigenvalue weighted by molar-refractivity contribution is -0.356. The topological polar surface area (TPSA) is 97.0 Å². The summed E-state index contributed by atoms with van der Waals surface area (Å²) in [4.78, 5) is 11.1. The standard InChI is InChI=1S/C18H16N4O4/c1-12-5-2-6-13(11-12)21-17(15-8-4-10-26-15)19-16(14-7-3-9-25-14)18(20-21)22(23)24/h2-11,16-17,19H,1H3/t16-,17+/m1/s1. The quantitative estimate of drug-likeness (QED) is 0.571. The summed E-state index contributed by atoms with van der Waals surface area (Å²) < 4.78 is 10.9. The van der Waals surface area contributed by atoms with Gasteiger partial charge in [-0.1, -0.05) is 12.1 Å². The Morgan fingerprint density at radius 3 is 2.46 bits per heavy atom. The highest BCUT2D eigenvalue weighted by Gasteiger charge is 2.43. The molecule has 26 heavy (non-hydrogen) atoms. The minimum absolute atomic E-state index is 0.246. The van der Waals surface area contributed by atoms with E-state index >= 15 is 0 Å². The Morgan fingerprint density at radius 2 is 1.85 bits per heavy atom. The lowest BCUT2D eigenvalue weighted by Crippen LogP contribution is -2.47. The van der Waals surface area contributed by atoms with Crippen molar-refractivity contribution in [2.75, 3.05) is 5.01 Å². The number of hydrogen-bond acceptors (Lipinski definition) is 7. The summed E-state index contributed by atoms with van der Waals surface area (Å²) in [5, 5.41) is 20.8. The summed E-state index contributed by atoms with van der Waals surface area (Å²) >= 11 is 0. The Labute approximate surface area is 148 Å². The number of hydrogen-bond donors (Lipinski definition) is 1. The SMILES string of the molecule is Cc1cccc(N2N=C([N+](=O)[O-])[C@@H](c3ccco3)N[C@@H]2c2ccco2)c1. The largest absolute Gasteiger partial charge is 0.467 e. The van der Waals surface area contributed by atoms with Gasteiger partial charge in [0.15, 0.2) is 12.2 Å². The monoisotopic (exact) mass is 352 g/mol. The summed E-state index contributed by atoms with van der Waals surface area (Å²) in [6.07, 6.45) is 2.51. The van der Waals surface area contributed by atoms with Crippen molar-refractivity contribution in [3.8, 4) is 0 Å². The van der Waals surface area contributed by atoms with Crippen molar-refractivity contribution in [1.29, 1.82) is 0 Å². The molecule has 8 heteroatoms. The number of rotatable bonds is 3. The molecule has 0 fully saturated rings. The Kier molecular flexibility index (Phi) is 4.02. The minimum atomic E-state index is -0.795. The van der Waals surface area contributed by atoms with E-state index in [0.717, 1.165) is 11.3 Å². The molecule has 0 aliphatic carbocycles. The van der Waals surface area contributed by atoms with Crippen LogP contribution in [-0.4, -0.2) is 10.8 Å². The lowest BCUT2D eigenvalue weighted by atomic mass is 10.1. The van der Waals surface area contributed by atoms with E-state index in [1.807, 2.05) is 31.2 Å². The maximum atomic E-state index is 11.6. The first kappa shape index (κ1) is 16.1. The maximum Gasteiger partial charge on any atom is 0.389 e. The molecule has 0 saturated heterocycles. The van der Waals surface area contributed by atoms with Gasteiger partial charge in [-0.2, -0.15) is 0 Å². The van der Waals surface area contributed by atoms with E-state index in [-0.39, 0.29) is 5.84 Å². The molecule has 0 saturated carbocycles. The third-order valence-electron chi connectivity index (χ3n) is 4.13. The second-order valence-corrected chi connectivity index (χ2v) is 5.93. The number of furan rings is 2. The molecule has 1 aromatic carbocycles. The predicted molar refractivity (Wildman–Crippen MR) is 94.1 cm³/mol. The van der Waals surface area contributed by atoms with E-state index in [4.69, 9.17) is 8.83 Å². The Morgan fingerprint density at radius 1 is 1.12 bits per heavy atom. The van der Waals surface area contributed by atoms with E-state index in [2.05, 4.69) is 10.4 Å². The molecule has 8 nitrogen and oxygen atoms in total. The zero-order valence-electron chi connectivity index (χ0n) is 13.9. The van der Waals surface area contributed by atoms with Gasteiger partial charge in [-0.25, -0.2) is 0 Å². The van der Waals surface area contributed by atoms with Gasteiger partial charge in [0.1, 0.15) is 11.5 Å². The smallest absolute Gasteiger partial charge is 0.389 e. The van der Waals surface area contributed by atoms with Gasteiger partial charge < -0.3 is 18.9 Å². The number of anilines is 1. The average Bonchev–Trinajstić information content (AvgIpc) is 3.34. The Balaban J connectivity index is 1.84. The number of nitrogens with zero attached hydrogens (tertiary/aromatic N) is 3. The summed E-state index contributed by atoms with van der Waals surface area (Å²) in [6, 6.07) is 13.7. The molecular formula is C18H16N4O4. The van der Waals surface area contributed by atoms with Gasteiger partial charge in [-0.05, 0) is 53.8 Å². The molecule has 0 radical (unpaired) electrons. The summed E-state index contributed by atoms with van der Waals surface area (Å²) in [5.74, 6) is 0.763.